The maximum atomic E-state index is 5.93. The van der Waals surface area contributed by atoms with Crippen LogP contribution < -0.4 is 0 Å². The van der Waals surface area contributed by atoms with Crippen LogP contribution in [0, 0.1) is 5.92 Å². The van der Waals surface area contributed by atoms with Crippen molar-refractivity contribution in [2.24, 2.45) is 11.0 Å². The van der Waals surface area contributed by atoms with Crippen LogP contribution in [0.2, 0.25) is 0 Å². The van der Waals surface area contributed by atoms with Crippen LogP contribution in [0.1, 0.15) is 13.3 Å². The van der Waals surface area contributed by atoms with Crippen molar-refractivity contribution in [3.63, 3.8) is 0 Å². The maximum absolute atomic E-state index is 5.93. The SMILES string of the molecule is CC1C=C(I)N2N=C(Cl)C=C(Br)C2=CC1. The highest BCUT2D eigenvalue weighted by Crippen LogP contribution is 2.35. The summed E-state index contributed by atoms with van der Waals surface area (Å²) in [4.78, 5) is 0. The van der Waals surface area contributed by atoms with Crippen LogP contribution in [0.5, 0.6) is 0 Å². The van der Waals surface area contributed by atoms with Crippen LogP contribution in [-0.4, -0.2) is 10.2 Å². The fourth-order valence-corrected chi connectivity index (χ4v) is 3.32. The summed E-state index contributed by atoms with van der Waals surface area (Å²) >= 11 is 11.7. The summed E-state index contributed by atoms with van der Waals surface area (Å²) in [5, 5.41) is 6.66. The number of rotatable bonds is 0. The molecule has 2 aliphatic rings. The van der Waals surface area contributed by atoms with E-state index >= 15 is 0 Å². The Hall–Kier alpha value is 0.190. The van der Waals surface area contributed by atoms with Crippen molar-refractivity contribution < 1.29 is 0 Å². The third-order valence-corrected chi connectivity index (χ3v) is 3.86. The zero-order valence-corrected chi connectivity index (χ0v) is 12.5. The van der Waals surface area contributed by atoms with Gasteiger partial charge in [-0.2, -0.15) is 5.10 Å². The predicted octanol–water partition coefficient (Wildman–Crippen LogP) is 4.33. The number of halogens is 3. The molecule has 15 heavy (non-hydrogen) atoms. The summed E-state index contributed by atoms with van der Waals surface area (Å²) in [5.74, 6) is 0.532. The van der Waals surface area contributed by atoms with Gasteiger partial charge in [0.25, 0.3) is 0 Å². The molecular formula is C10H9BrClIN2. The number of nitrogens with zero attached hydrogens (tertiary/aromatic N) is 2. The van der Waals surface area contributed by atoms with Gasteiger partial charge in [-0.15, -0.1) is 0 Å². The lowest BCUT2D eigenvalue weighted by Gasteiger charge is -2.23. The first-order chi connectivity index (χ1) is 7.08. The molecule has 0 N–H and O–H groups in total. The van der Waals surface area contributed by atoms with E-state index in [0.717, 1.165) is 20.3 Å². The highest BCUT2D eigenvalue weighted by atomic mass is 127. The van der Waals surface area contributed by atoms with E-state index in [1.165, 1.54) is 0 Å². The minimum Gasteiger partial charge on any atom is -0.226 e. The van der Waals surface area contributed by atoms with Crippen LogP contribution in [0.25, 0.3) is 0 Å². The van der Waals surface area contributed by atoms with Crippen molar-refractivity contribution in [3.8, 4) is 0 Å². The standard InChI is InChI=1S/C10H9BrClIN2/c1-6-2-3-8-7(11)5-9(12)14-15(8)10(13)4-6/h3-6H,2H2,1H3. The molecule has 0 spiro atoms. The Morgan fingerprint density at radius 3 is 3.13 bits per heavy atom. The summed E-state index contributed by atoms with van der Waals surface area (Å²) in [6, 6.07) is 0. The third-order valence-electron chi connectivity index (χ3n) is 2.22. The zero-order chi connectivity index (χ0) is 11.0. The Morgan fingerprint density at radius 2 is 2.40 bits per heavy atom. The molecule has 1 unspecified atom stereocenters. The second-order valence-corrected chi connectivity index (χ2v) is 5.87. The van der Waals surface area contributed by atoms with E-state index in [4.69, 9.17) is 11.6 Å². The van der Waals surface area contributed by atoms with E-state index < -0.39 is 0 Å². The summed E-state index contributed by atoms with van der Waals surface area (Å²) in [5.41, 5.74) is 1.07. The Labute approximate surface area is 116 Å². The lowest BCUT2D eigenvalue weighted by Crippen LogP contribution is -2.17. The average molecular weight is 399 g/mol. The number of hydrogen-bond donors (Lipinski definition) is 0. The van der Waals surface area contributed by atoms with E-state index in [1.807, 2.05) is 11.1 Å². The fourth-order valence-electron chi connectivity index (χ4n) is 1.48. The Morgan fingerprint density at radius 1 is 1.67 bits per heavy atom. The van der Waals surface area contributed by atoms with Gasteiger partial charge in [-0.05, 0) is 63.0 Å². The molecule has 5 heteroatoms. The van der Waals surface area contributed by atoms with Gasteiger partial charge in [-0.3, -0.25) is 0 Å². The molecular weight excluding hydrogens is 390 g/mol. The molecule has 0 aromatic carbocycles. The quantitative estimate of drug-likeness (QED) is 0.437. The molecule has 0 aliphatic carbocycles. The molecule has 0 saturated carbocycles. The number of hydrazone groups is 1. The highest BCUT2D eigenvalue weighted by Gasteiger charge is 2.22. The Bertz CT molecular complexity index is 412. The fraction of sp³-hybridized carbons (Fsp3) is 0.300. The third kappa shape index (κ3) is 2.47. The second-order valence-electron chi connectivity index (χ2n) is 3.52. The van der Waals surface area contributed by atoms with Crippen molar-refractivity contribution >= 4 is 55.3 Å². The lowest BCUT2D eigenvalue weighted by molar-refractivity contribution is 0.504. The molecule has 1 atom stereocenters. The highest BCUT2D eigenvalue weighted by molar-refractivity contribution is 14.1. The van der Waals surface area contributed by atoms with Gasteiger partial charge in [0.2, 0.25) is 0 Å². The van der Waals surface area contributed by atoms with Crippen LogP contribution in [-0.2, 0) is 0 Å². The van der Waals surface area contributed by atoms with E-state index in [-0.39, 0.29) is 0 Å². The van der Waals surface area contributed by atoms with Crippen LogP contribution in [0.4, 0.5) is 0 Å². The van der Waals surface area contributed by atoms with E-state index in [2.05, 4.69) is 62.7 Å². The molecule has 0 bridgehead atoms. The van der Waals surface area contributed by atoms with Gasteiger partial charge in [0.1, 0.15) is 0 Å². The van der Waals surface area contributed by atoms with Gasteiger partial charge >= 0.3 is 0 Å². The normalized spacial score (nSPS) is 25.9. The summed E-state index contributed by atoms with van der Waals surface area (Å²) in [6.07, 6.45) is 7.22. The van der Waals surface area contributed by atoms with Gasteiger partial charge in [-0.1, -0.05) is 24.6 Å². The topological polar surface area (TPSA) is 15.6 Å². The van der Waals surface area contributed by atoms with Crippen molar-refractivity contribution in [2.75, 3.05) is 0 Å². The van der Waals surface area contributed by atoms with Gasteiger partial charge in [0.15, 0.2) is 5.17 Å². The van der Waals surface area contributed by atoms with Crippen LogP contribution in [0.15, 0.2) is 37.2 Å². The lowest BCUT2D eigenvalue weighted by atomic mass is 10.1. The van der Waals surface area contributed by atoms with Crippen molar-refractivity contribution in [1.82, 2.24) is 5.01 Å². The molecule has 0 aromatic heterocycles. The van der Waals surface area contributed by atoms with Gasteiger partial charge in [0, 0.05) is 4.48 Å². The van der Waals surface area contributed by atoms with Crippen LogP contribution in [0.3, 0.4) is 0 Å². The first-order valence-corrected chi connectivity index (χ1v) is 6.82. The summed E-state index contributed by atoms with van der Waals surface area (Å²) in [6.45, 7) is 2.19. The minimum atomic E-state index is 0.496. The monoisotopic (exact) mass is 398 g/mol. The average Bonchev–Trinajstić information content (AvgIpc) is 2.27. The Kier molecular flexibility index (Phi) is 3.57. The minimum absolute atomic E-state index is 0.496. The van der Waals surface area contributed by atoms with Crippen LogP contribution >= 0.6 is 50.1 Å². The molecule has 2 heterocycles. The smallest absolute Gasteiger partial charge is 0.151 e. The van der Waals surface area contributed by atoms with E-state index in [0.29, 0.717) is 11.1 Å². The van der Waals surface area contributed by atoms with Crippen molar-refractivity contribution in [1.29, 1.82) is 0 Å². The number of fused-ring (bicyclic) bond motifs is 1. The van der Waals surface area contributed by atoms with Gasteiger partial charge in [-0.25, -0.2) is 5.01 Å². The molecule has 2 aliphatic heterocycles. The van der Waals surface area contributed by atoms with Crippen molar-refractivity contribution in [2.45, 2.75) is 13.3 Å². The van der Waals surface area contributed by atoms with E-state index in [1.54, 1.807) is 0 Å². The zero-order valence-electron chi connectivity index (χ0n) is 8.04. The molecule has 0 saturated heterocycles. The maximum Gasteiger partial charge on any atom is 0.151 e. The Balaban J connectivity index is 2.47. The molecule has 0 aromatic rings. The number of allylic oxidation sites excluding steroid dienone is 4. The van der Waals surface area contributed by atoms with Gasteiger partial charge < -0.3 is 0 Å². The second kappa shape index (κ2) is 4.59. The molecule has 0 amide bonds. The number of hydrogen-bond acceptors (Lipinski definition) is 2. The molecule has 0 radical (unpaired) electrons. The first kappa shape index (κ1) is 11.7. The molecule has 0 fully saturated rings. The predicted molar refractivity (Wildman–Crippen MR) is 76.1 cm³/mol. The van der Waals surface area contributed by atoms with Crippen molar-refractivity contribution in [3.05, 3.63) is 32.1 Å². The van der Waals surface area contributed by atoms with Gasteiger partial charge in [0.05, 0.1) is 9.40 Å². The van der Waals surface area contributed by atoms with E-state index in [9.17, 15) is 0 Å². The summed E-state index contributed by atoms with van der Waals surface area (Å²) < 4.78 is 2.08. The first-order valence-electron chi connectivity index (χ1n) is 4.57. The molecule has 2 rings (SSSR count). The largest absolute Gasteiger partial charge is 0.226 e. The molecule has 80 valence electrons. The summed E-state index contributed by atoms with van der Waals surface area (Å²) in [7, 11) is 0. The molecule has 2 nitrogen and oxygen atoms in total.